The summed E-state index contributed by atoms with van der Waals surface area (Å²) in [6.45, 7) is 0. The zero-order chi connectivity index (χ0) is 43.6. The van der Waals surface area contributed by atoms with Crippen LogP contribution < -0.4 is 4.90 Å². The number of nitriles is 4. The van der Waals surface area contributed by atoms with Crippen molar-refractivity contribution >= 4 is 38.9 Å². The highest BCUT2D eigenvalue weighted by Gasteiger charge is 2.18. The van der Waals surface area contributed by atoms with Gasteiger partial charge in [-0.3, -0.25) is 0 Å². The van der Waals surface area contributed by atoms with Crippen LogP contribution in [0.3, 0.4) is 0 Å². The highest BCUT2D eigenvalue weighted by Crippen LogP contribution is 2.40. The van der Waals surface area contributed by atoms with Crippen LogP contribution in [0.4, 0.5) is 17.1 Å². The number of aromatic nitrogens is 3. The summed E-state index contributed by atoms with van der Waals surface area (Å²) in [5.41, 5.74) is 14.1. The fourth-order valence-electron chi connectivity index (χ4n) is 8.18. The Balaban J connectivity index is 0.995. The van der Waals surface area contributed by atoms with Gasteiger partial charge in [0.1, 0.15) is 0 Å². The van der Waals surface area contributed by atoms with Gasteiger partial charge >= 0.3 is 0 Å². The molecule has 8 aromatic carbocycles. The maximum absolute atomic E-state index is 9.59. The molecule has 64 heavy (non-hydrogen) atoms. The lowest BCUT2D eigenvalue weighted by atomic mass is 10.0. The van der Waals surface area contributed by atoms with Crippen LogP contribution in [-0.2, 0) is 0 Å². The molecule has 0 saturated heterocycles. The van der Waals surface area contributed by atoms with Crippen molar-refractivity contribution < 1.29 is 0 Å². The Morgan fingerprint density at radius 2 is 0.859 bits per heavy atom. The molecule has 296 valence electrons. The van der Waals surface area contributed by atoms with E-state index >= 15 is 0 Å². The molecule has 0 fully saturated rings. The monoisotopic (exact) mass is 816 g/mol. The normalized spacial score (nSPS) is 10.8. The summed E-state index contributed by atoms with van der Waals surface area (Å²) >= 11 is 0. The van der Waals surface area contributed by atoms with E-state index in [4.69, 9.17) is 9.97 Å². The SMILES string of the molecule is N#Cc1ccc(N(c2ccc(C#N)cc2)c2ccc3c(c2)c2ccccc2n3-c2ccc(-c3ccc(-c4cc(-c5cccc(C#N)c5)nc(-c5cccc(C#N)c5)n4)cc3)cc2)cc1. The summed E-state index contributed by atoms with van der Waals surface area (Å²) < 4.78 is 2.29. The molecule has 0 aliphatic carbocycles. The number of para-hydroxylation sites is 1. The first-order valence-corrected chi connectivity index (χ1v) is 20.5. The summed E-state index contributed by atoms with van der Waals surface area (Å²) in [4.78, 5) is 12.0. The van der Waals surface area contributed by atoms with Gasteiger partial charge in [0.05, 0.1) is 69.0 Å². The lowest BCUT2D eigenvalue weighted by Gasteiger charge is -2.25. The van der Waals surface area contributed by atoms with Crippen molar-refractivity contribution in [2.45, 2.75) is 0 Å². The minimum Gasteiger partial charge on any atom is -0.310 e. The molecule has 2 aromatic heterocycles. The zero-order valence-electron chi connectivity index (χ0n) is 34.1. The fourth-order valence-corrected chi connectivity index (χ4v) is 8.18. The van der Waals surface area contributed by atoms with Crippen molar-refractivity contribution in [1.82, 2.24) is 14.5 Å². The van der Waals surface area contributed by atoms with Gasteiger partial charge in [0.15, 0.2) is 5.82 Å². The largest absolute Gasteiger partial charge is 0.310 e. The minimum absolute atomic E-state index is 0.489. The topological polar surface area (TPSA) is 129 Å². The molecule has 0 bridgehead atoms. The lowest BCUT2D eigenvalue weighted by molar-refractivity contribution is 1.18. The van der Waals surface area contributed by atoms with Gasteiger partial charge in [-0.1, -0.05) is 78.9 Å². The van der Waals surface area contributed by atoms with Crippen molar-refractivity contribution in [3.63, 3.8) is 0 Å². The zero-order valence-corrected chi connectivity index (χ0v) is 34.1. The van der Waals surface area contributed by atoms with Crippen LogP contribution in [0.5, 0.6) is 0 Å². The Morgan fingerprint density at radius 3 is 1.47 bits per heavy atom. The number of fused-ring (bicyclic) bond motifs is 3. The average molecular weight is 817 g/mol. The molecule has 10 rings (SSSR count). The molecule has 0 aliphatic rings. The Kier molecular flexibility index (Phi) is 9.92. The molecule has 0 unspecified atom stereocenters. The molecule has 0 saturated carbocycles. The summed E-state index contributed by atoms with van der Waals surface area (Å²) in [5.74, 6) is 0.489. The van der Waals surface area contributed by atoms with E-state index in [1.54, 1.807) is 18.2 Å². The Labute approximate surface area is 369 Å². The van der Waals surface area contributed by atoms with Crippen molar-refractivity contribution in [2.75, 3.05) is 4.90 Å². The van der Waals surface area contributed by atoms with E-state index in [9.17, 15) is 21.0 Å². The van der Waals surface area contributed by atoms with Crippen LogP contribution in [0, 0.1) is 45.3 Å². The Morgan fingerprint density at radius 1 is 0.359 bits per heavy atom. The first-order chi connectivity index (χ1) is 31.5. The molecular weight excluding hydrogens is 785 g/mol. The van der Waals surface area contributed by atoms with E-state index in [2.05, 4.69) is 125 Å². The molecule has 10 aromatic rings. The summed E-state index contributed by atoms with van der Waals surface area (Å²) in [6.07, 6.45) is 0. The molecule has 2 heterocycles. The van der Waals surface area contributed by atoms with Crippen LogP contribution in [0.25, 0.3) is 72.5 Å². The van der Waals surface area contributed by atoms with Crippen molar-refractivity contribution in [3.05, 3.63) is 216 Å². The van der Waals surface area contributed by atoms with Crippen LogP contribution in [0.1, 0.15) is 22.3 Å². The third kappa shape index (κ3) is 7.23. The Bertz CT molecular complexity index is 3450. The Hall–Kier alpha value is -9.60. The highest BCUT2D eigenvalue weighted by atomic mass is 15.1. The van der Waals surface area contributed by atoms with Crippen molar-refractivity contribution in [3.8, 4) is 75.0 Å². The van der Waals surface area contributed by atoms with E-state index in [1.165, 1.54) is 0 Å². The number of anilines is 3. The average Bonchev–Trinajstić information content (AvgIpc) is 3.70. The standard InChI is InChI=1S/C56H32N8/c57-33-37-11-21-46(22-12-37)63(47-23-13-38(34-58)14-24-47)49-27-28-55-51(31-49)50-9-1-2-10-54(50)64(55)48-25-19-42(20-26-48)41-15-17-43(18-16-41)52-32-53(44-7-3-5-39(29-44)35-59)62-56(61-52)45-8-4-6-40(30-45)36-60/h1-32H. The van der Waals surface area contributed by atoms with Gasteiger partial charge in [-0.05, 0) is 126 Å². The maximum Gasteiger partial charge on any atom is 0.160 e. The molecule has 0 aliphatic heterocycles. The summed E-state index contributed by atoms with van der Waals surface area (Å²) in [5, 5.41) is 40.3. The van der Waals surface area contributed by atoms with Crippen LogP contribution in [-0.4, -0.2) is 14.5 Å². The van der Waals surface area contributed by atoms with Crippen LogP contribution in [0.15, 0.2) is 194 Å². The second-order valence-electron chi connectivity index (χ2n) is 15.2. The first kappa shape index (κ1) is 38.6. The van der Waals surface area contributed by atoms with E-state index in [0.29, 0.717) is 33.8 Å². The summed E-state index contributed by atoms with van der Waals surface area (Å²) in [6, 6.07) is 72.2. The van der Waals surface area contributed by atoms with Gasteiger partial charge < -0.3 is 9.47 Å². The first-order valence-electron chi connectivity index (χ1n) is 20.5. The minimum atomic E-state index is 0.489. The molecule has 8 nitrogen and oxygen atoms in total. The predicted octanol–water partition coefficient (Wildman–Crippen LogP) is 13.2. The molecule has 0 amide bonds. The molecular formula is C56H32N8. The number of nitrogens with zero attached hydrogens (tertiary/aromatic N) is 8. The third-order valence-corrected chi connectivity index (χ3v) is 11.3. The molecule has 0 spiro atoms. The number of benzene rings is 8. The van der Waals surface area contributed by atoms with Gasteiger partial charge in [0.2, 0.25) is 0 Å². The summed E-state index contributed by atoms with van der Waals surface area (Å²) in [7, 11) is 0. The van der Waals surface area contributed by atoms with Gasteiger partial charge in [0, 0.05) is 50.2 Å². The number of hydrogen-bond acceptors (Lipinski definition) is 7. The molecule has 8 heteroatoms. The van der Waals surface area contributed by atoms with E-state index in [0.717, 1.165) is 78.1 Å². The molecule has 0 N–H and O–H groups in total. The fraction of sp³-hybridized carbons (Fsp3) is 0. The highest BCUT2D eigenvalue weighted by molar-refractivity contribution is 6.10. The predicted molar refractivity (Wildman–Crippen MR) is 252 cm³/mol. The third-order valence-electron chi connectivity index (χ3n) is 11.3. The molecule has 0 radical (unpaired) electrons. The van der Waals surface area contributed by atoms with Crippen molar-refractivity contribution in [2.24, 2.45) is 0 Å². The smallest absolute Gasteiger partial charge is 0.160 e. The second kappa shape index (κ2) is 16.5. The van der Waals surface area contributed by atoms with E-state index < -0.39 is 0 Å². The lowest BCUT2D eigenvalue weighted by Crippen LogP contribution is -2.10. The molecule has 0 atom stereocenters. The van der Waals surface area contributed by atoms with Gasteiger partial charge in [-0.2, -0.15) is 21.0 Å². The van der Waals surface area contributed by atoms with E-state index in [1.807, 2.05) is 84.9 Å². The van der Waals surface area contributed by atoms with Gasteiger partial charge in [0.25, 0.3) is 0 Å². The van der Waals surface area contributed by atoms with Gasteiger partial charge in [-0.25, -0.2) is 9.97 Å². The maximum atomic E-state index is 9.59. The number of rotatable bonds is 8. The number of hydrogen-bond donors (Lipinski definition) is 0. The quantitative estimate of drug-likeness (QED) is 0.149. The van der Waals surface area contributed by atoms with Crippen LogP contribution in [0.2, 0.25) is 0 Å². The van der Waals surface area contributed by atoms with Gasteiger partial charge in [-0.15, -0.1) is 0 Å². The van der Waals surface area contributed by atoms with Crippen molar-refractivity contribution in [1.29, 1.82) is 21.0 Å². The van der Waals surface area contributed by atoms with Crippen LogP contribution >= 0.6 is 0 Å². The second-order valence-corrected chi connectivity index (χ2v) is 15.2. The van der Waals surface area contributed by atoms with E-state index in [-0.39, 0.29) is 0 Å².